The molecule has 28 heavy (non-hydrogen) atoms. The van der Waals surface area contributed by atoms with E-state index in [-0.39, 0.29) is 42.2 Å². The summed E-state index contributed by atoms with van der Waals surface area (Å²) in [5.74, 6) is 0.891. The number of carbonyl (C=O) groups is 1. The molecule has 2 aliphatic rings. The van der Waals surface area contributed by atoms with Gasteiger partial charge in [-0.2, -0.15) is 0 Å². The highest BCUT2D eigenvalue weighted by Gasteiger charge is 2.36. The minimum Gasteiger partial charge on any atom is -0.444 e. The van der Waals surface area contributed by atoms with Gasteiger partial charge >= 0.3 is 6.09 Å². The number of carbonyl (C=O) groups excluding carboxylic acids is 1. The molecule has 2 heterocycles. The van der Waals surface area contributed by atoms with E-state index in [2.05, 4.69) is 27.3 Å². The molecule has 2 aliphatic heterocycles. The number of hydrogen-bond donors (Lipinski definition) is 1. The summed E-state index contributed by atoms with van der Waals surface area (Å²) < 4.78 is 11.1. The van der Waals surface area contributed by atoms with E-state index in [1.807, 2.05) is 39.0 Å². The van der Waals surface area contributed by atoms with Crippen LogP contribution in [-0.4, -0.2) is 73.3 Å². The minimum atomic E-state index is -0.473. The van der Waals surface area contributed by atoms with Crippen molar-refractivity contribution < 1.29 is 14.3 Å². The van der Waals surface area contributed by atoms with Crippen LogP contribution in [0.5, 0.6) is 0 Å². The number of fused-ring (bicyclic) bond motifs is 1. The van der Waals surface area contributed by atoms with Crippen LogP contribution in [0.15, 0.2) is 35.3 Å². The van der Waals surface area contributed by atoms with Crippen molar-refractivity contribution in [1.29, 1.82) is 0 Å². The van der Waals surface area contributed by atoms with E-state index in [0.29, 0.717) is 26.2 Å². The molecule has 8 heteroatoms. The summed E-state index contributed by atoms with van der Waals surface area (Å²) in [7, 11) is 1.72. The second kappa shape index (κ2) is 9.78. The molecule has 0 aliphatic carbocycles. The lowest BCUT2D eigenvalue weighted by Crippen LogP contribution is -2.57. The van der Waals surface area contributed by atoms with Gasteiger partial charge in [-0.25, -0.2) is 4.79 Å². The van der Waals surface area contributed by atoms with Crippen molar-refractivity contribution in [3.8, 4) is 0 Å². The molecule has 1 aromatic carbocycles. The SMILES string of the molecule is COC(CNC1=NCC2CN(C(=O)OC(C)(C)C)CCN12)c1ccccc1.I. The van der Waals surface area contributed by atoms with Crippen LogP contribution in [0.1, 0.15) is 32.4 Å². The molecule has 0 aromatic heterocycles. The third-order valence-electron chi connectivity index (χ3n) is 4.76. The highest BCUT2D eigenvalue weighted by Crippen LogP contribution is 2.20. The number of amides is 1. The second-order valence-electron chi connectivity index (χ2n) is 7.95. The molecule has 2 atom stereocenters. The molecule has 1 aromatic rings. The van der Waals surface area contributed by atoms with Crippen molar-refractivity contribution in [3.63, 3.8) is 0 Å². The number of benzene rings is 1. The van der Waals surface area contributed by atoms with Crippen LogP contribution in [-0.2, 0) is 9.47 Å². The summed E-state index contributed by atoms with van der Waals surface area (Å²) in [6.45, 7) is 9.03. The van der Waals surface area contributed by atoms with Crippen LogP contribution in [0, 0.1) is 0 Å². The van der Waals surface area contributed by atoms with Gasteiger partial charge in [0.25, 0.3) is 0 Å². The van der Waals surface area contributed by atoms with Crippen molar-refractivity contribution in [2.24, 2.45) is 4.99 Å². The first-order chi connectivity index (χ1) is 12.9. The van der Waals surface area contributed by atoms with Crippen LogP contribution in [0.4, 0.5) is 4.79 Å². The van der Waals surface area contributed by atoms with E-state index in [0.717, 1.165) is 18.1 Å². The van der Waals surface area contributed by atoms with Crippen molar-refractivity contribution in [3.05, 3.63) is 35.9 Å². The molecule has 3 rings (SSSR count). The number of ether oxygens (including phenoxy) is 2. The van der Waals surface area contributed by atoms with Gasteiger partial charge in [-0.15, -0.1) is 24.0 Å². The lowest BCUT2D eigenvalue weighted by Gasteiger charge is -2.39. The van der Waals surface area contributed by atoms with Gasteiger partial charge in [0.1, 0.15) is 5.60 Å². The summed E-state index contributed by atoms with van der Waals surface area (Å²) in [5, 5.41) is 3.43. The number of piperazine rings is 1. The number of guanidine groups is 1. The maximum atomic E-state index is 12.3. The van der Waals surface area contributed by atoms with E-state index in [1.165, 1.54) is 0 Å². The quantitative estimate of drug-likeness (QED) is 0.642. The zero-order valence-corrected chi connectivity index (χ0v) is 19.4. The Kier molecular flexibility index (Phi) is 7.94. The van der Waals surface area contributed by atoms with Crippen molar-refractivity contribution in [2.45, 2.75) is 38.5 Å². The lowest BCUT2D eigenvalue weighted by molar-refractivity contribution is 0.0137. The summed E-state index contributed by atoms with van der Waals surface area (Å²) in [6.07, 6.45) is -0.275. The first-order valence-electron chi connectivity index (χ1n) is 9.48. The Balaban J connectivity index is 0.00000280. The first-order valence-corrected chi connectivity index (χ1v) is 9.48. The smallest absolute Gasteiger partial charge is 0.410 e. The molecule has 7 nitrogen and oxygen atoms in total. The van der Waals surface area contributed by atoms with Gasteiger partial charge in [-0.1, -0.05) is 30.3 Å². The molecule has 1 saturated heterocycles. The Morgan fingerprint density at radius 2 is 2.00 bits per heavy atom. The number of nitrogens with zero attached hydrogens (tertiary/aromatic N) is 3. The molecular weight excluding hydrogens is 471 g/mol. The second-order valence-corrected chi connectivity index (χ2v) is 7.95. The molecular formula is C20H31IN4O3. The van der Waals surface area contributed by atoms with E-state index >= 15 is 0 Å². The molecule has 2 unspecified atom stereocenters. The maximum absolute atomic E-state index is 12.3. The Hall–Kier alpha value is -1.55. The average Bonchev–Trinajstić information content (AvgIpc) is 3.04. The van der Waals surface area contributed by atoms with E-state index in [1.54, 1.807) is 12.0 Å². The fourth-order valence-electron chi connectivity index (χ4n) is 3.41. The lowest BCUT2D eigenvalue weighted by atomic mass is 10.1. The largest absolute Gasteiger partial charge is 0.444 e. The van der Waals surface area contributed by atoms with Gasteiger partial charge in [-0.3, -0.25) is 4.99 Å². The third kappa shape index (κ3) is 5.73. The van der Waals surface area contributed by atoms with E-state index < -0.39 is 5.60 Å². The third-order valence-corrected chi connectivity index (χ3v) is 4.76. The Labute approximate surface area is 184 Å². The Morgan fingerprint density at radius 1 is 1.29 bits per heavy atom. The van der Waals surface area contributed by atoms with Crippen molar-refractivity contribution in [1.82, 2.24) is 15.1 Å². The topological polar surface area (TPSA) is 66.4 Å². The van der Waals surface area contributed by atoms with Gasteiger partial charge in [0.05, 0.1) is 18.7 Å². The van der Waals surface area contributed by atoms with E-state index in [9.17, 15) is 4.79 Å². The highest BCUT2D eigenvalue weighted by atomic mass is 127. The predicted molar refractivity (Wildman–Crippen MR) is 120 cm³/mol. The monoisotopic (exact) mass is 502 g/mol. The zero-order valence-electron chi connectivity index (χ0n) is 17.1. The minimum absolute atomic E-state index is 0. The maximum Gasteiger partial charge on any atom is 0.410 e. The molecule has 0 saturated carbocycles. The van der Waals surface area contributed by atoms with Gasteiger partial charge < -0.3 is 24.6 Å². The van der Waals surface area contributed by atoms with Gasteiger partial charge in [0.2, 0.25) is 0 Å². The fraction of sp³-hybridized carbons (Fsp3) is 0.600. The predicted octanol–water partition coefficient (Wildman–Crippen LogP) is 2.87. The summed E-state index contributed by atoms with van der Waals surface area (Å²) in [6, 6.07) is 10.4. The number of halogens is 1. The van der Waals surface area contributed by atoms with Crippen molar-refractivity contribution >= 4 is 36.0 Å². The molecule has 1 fully saturated rings. The zero-order chi connectivity index (χ0) is 19.4. The summed E-state index contributed by atoms with van der Waals surface area (Å²) in [5.41, 5.74) is 0.664. The van der Waals surface area contributed by atoms with Gasteiger partial charge in [0.15, 0.2) is 5.96 Å². The van der Waals surface area contributed by atoms with Crippen LogP contribution in [0.3, 0.4) is 0 Å². The molecule has 1 amide bonds. The first kappa shape index (κ1) is 22.7. The number of hydrogen-bond acceptors (Lipinski definition) is 6. The Morgan fingerprint density at radius 3 is 2.64 bits per heavy atom. The molecule has 0 bridgehead atoms. The van der Waals surface area contributed by atoms with Gasteiger partial charge in [-0.05, 0) is 26.3 Å². The number of methoxy groups -OCH3 is 1. The van der Waals surface area contributed by atoms with Crippen LogP contribution in [0.25, 0.3) is 0 Å². The number of nitrogens with one attached hydrogen (secondary N) is 1. The highest BCUT2D eigenvalue weighted by molar-refractivity contribution is 14.0. The van der Waals surface area contributed by atoms with E-state index in [4.69, 9.17) is 9.47 Å². The fourth-order valence-corrected chi connectivity index (χ4v) is 3.41. The summed E-state index contributed by atoms with van der Waals surface area (Å²) >= 11 is 0. The Bertz CT molecular complexity index is 678. The number of rotatable bonds is 4. The van der Waals surface area contributed by atoms with Crippen LogP contribution < -0.4 is 5.32 Å². The molecule has 156 valence electrons. The van der Waals surface area contributed by atoms with Crippen LogP contribution >= 0.6 is 24.0 Å². The van der Waals surface area contributed by atoms with Crippen molar-refractivity contribution in [2.75, 3.05) is 39.8 Å². The normalized spacial score (nSPS) is 20.0. The standard InChI is InChI=1S/C20H30N4O3.HI/c1-20(2,3)27-19(25)23-10-11-24-16(14-23)12-21-18(24)22-13-17(26-4)15-8-6-5-7-9-15;/h5-9,16-17H,10-14H2,1-4H3,(H,21,22);1H. The van der Waals surface area contributed by atoms with Gasteiger partial charge in [0, 0.05) is 33.3 Å². The number of aliphatic imine (C=N–C) groups is 1. The summed E-state index contributed by atoms with van der Waals surface area (Å²) in [4.78, 5) is 21.0. The molecule has 0 spiro atoms. The average molecular weight is 502 g/mol. The van der Waals surface area contributed by atoms with Crippen LogP contribution in [0.2, 0.25) is 0 Å². The molecule has 0 radical (unpaired) electrons. The molecule has 1 N–H and O–H groups in total.